The molecule has 0 aromatic rings. The number of unbranched alkanes of at least 4 members (excludes halogenated alkanes) is 1. The third kappa shape index (κ3) is 6.39. The van der Waals surface area contributed by atoms with Gasteiger partial charge in [0.05, 0.1) is 18.6 Å². The molecule has 0 aromatic heterocycles. The normalized spacial score (nSPS) is 18.6. The molecule has 1 unspecified atom stereocenters. The highest BCUT2D eigenvalue weighted by atomic mass is 35.5. The van der Waals surface area contributed by atoms with Gasteiger partial charge in [-0.1, -0.05) is 6.08 Å². The molecule has 1 N–H and O–H groups in total. The number of esters is 1. The lowest BCUT2D eigenvalue weighted by molar-refractivity contribution is -0.151. The summed E-state index contributed by atoms with van der Waals surface area (Å²) in [5.74, 6) is -0.329. The molecule has 0 saturated carbocycles. The minimum absolute atomic E-state index is 0. The summed E-state index contributed by atoms with van der Waals surface area (Å²) in [4.78, 5) is 25.6. The van der Waals surface area contributed by atoms with Crippen LogP contribution in [0.2, 0.25) is 0 Å². The average Bonchev–Trinajstić information content (AvgIpc) is 2.33. The van der Waals surface area contributed by atoms with Gasteiger partial charge in [0, 0.05) is 19.6 Å². The summed E-state index contributed by atoms with van der Waals surface area (Å²) in [6.45, 7) is 9.42. The smallest absolute Gasteiger partial charge is 0.308 e. The van der Waals surface area contributed by atoms with E-state index in [0.717, 1.165) is 25.9 Å². The van der Waals surface area contributed by atoms with E-state index < -0.39 is 6.04 Å². The van der Waals surface area contributed by atoms with E-state index in [2.05, 4.69) is 11.9 Å². The first-order valence-corrected chi connectivity index (χ1v) is 6.87. The molecule has 0 bridgehead atoms. The highest BCUT2D eigenvalue weighted by Gasteiger charge is 2.30. The van der Waals surface area contributed by atoms with E-state index in [1.807, 2.05) is 11.0 Å². The van der Waals surface area contributed by atoms with Gasteiger partial charge >= 0.3 is 5.97 Å². The Bertz CT molecular complexity index is 334. The standard InChI is InChI=1S/C14H24N2O3.ClH/c1-4-5-6-8-16-9-7-15-12(14(16)18)10-13(17)19-11(2)3;/h4,11-12,15H,1,5-10H2,2-3H3;1H. The summed E-state index contributed by atoms with van der Waals surface area (Å²) in [5, 5.41) is 3.08. The lowest BCUT2D eigenvalue weighted by Gasteiger charge is -2.32. The number of piperazine rings is 1. The maximum atomic E-state index is 12.2. The van der Waals surface area contributed by atoms with Gasteiger partial charge in [-0.25, -0.2) is 0 Å². The van der Waals surface area contributed by atoms with Crippen molar-refractivity contribution < 1.29 is 14.3 Å². The van der Waals surface area contributed by atoms with Crippen LogP contribution in [0.15, 0.2) is 12.7 Å². The fourth-order valence-electron chi connectivity index (χ4n) is 2.08. The van der Waals surface area contributed by atoms with Crippen LogP contribution in [0.3, 0.4) is 0 Å². The predicted molar refractivity (Wildman–Crippen MR) is 80.9 cm³/mol. The average molecular weight is 305 g/mol. The topological polar surface area (TPSA) is 58.6 Å². The zero-order chi connectivity index (χ0) is 14.3. The first kappa shape index (κ1) is 18.9. The Hall–Kier alpha value is -1.07. The fourth-order valence-corrected chi connectivity index (χ4v) is 2.08. The molecule has 0 aromatic carbocycles. The Morgan fingerprint density at radius 1 is 1.60 bits per heavy atom. The van der Waals surface area contributed by atoms with E-state index in [-0.39, 0.29) is 36.8 Å². The van der Waals surface area contributed by atoms with Gasteiger partial charge in [-0.2, -0.15) is 0 Å². The quantitative estimate of drug-likeness (QED) is 0.440. The number of carbonyl (C=O) groups is 2. The molecule has 1 heterocycles. The second-order valence-electron chi connectivity index (χ2n) is 5.01. The molecule has 1 atom stereocenters. The summed E-state index contributed by atoms with van der Waals surface area (Å²) in [6.07, 6.45) is 3.63. The van der Waals surface area contributed by atoms with Crippen molar-refractivity contribution in [3.8, 4) is 0 Å². The van der Waals surface area contributed by atoms with Gasteiger partial charge in [0.15, 0.2) is 0 Å². The number of halogens is 1. The second-order valence-corrected chi connectivity index (χ2v) is 5.01. The number of amides is 1. The van der Waals surface area contributed by atoms with E-state index in [1.54, 1.807) is 13.8 Å². The molecule has 1 aliphatic rings. The summed E-state index contributed by atoms with van der Waals surface area (Å²) in [7, 11) is 0. The molecule has 1 rings (SSSR count). The molecule has 6 heteroatoms. The van der Waals surface area contributed by atoms with Crippen molar-refractivity contribution in [1.82, 2.24) is 10.2 Å². The van der Waals surface area contributed by atoms with E-state index in [4.69, 9.17) is 4.74 Å². The van der Waals surface area contributed by atoms with Gasteiger partial charge in [0.1, 0.15) is 0 Å². The molecule has 5 nitrogen and oxygen atoms in total. The van der Waals surface area contributed by atoms with E-state index in [9.17, 15) is 9.59 Å². The summed E-state index contributed by atoms with van der Waals surface area (Å²) >= 11 is 0. The van der Waals surface area contributed by atoms with Crippen LogP contribution in [-0.4, -0.2) is 48.6 Å². The zero-order valence-corrected chi connectivity index (χ0v) is 13.1. The fraction of sp³-hybridized carbons (Fsp3) is 0.714. The molecule has 1 fully saturated rings. The van der Waals surface area contributed by atoms with Crippen molar-refractivity contribution in [1.29, 1.82) is 0 Å². The zero-order valence-electron chi connectivity index (χ0n) is 12.3. The Morgan fingerprint density at radius 3 is 2.90 bits per heavy atom. The van der Waals surface area contributed by atoms with Gasteiger partial charge in [-0.15, -0.1) is 19.0 Å². The maximum Gasteiger partial charge on any atom is 0.308 e. The minimum atomic E-state index is -0.441. The molecular weight excluding hydrogens is 280 g/mol. The van der Waals surface area contributed by atoms with Crippen molar-refractivity contribution >= 4 is 24.3 Å². The van der Waals surface area contributed by atoms with Gasteiger partial charge in [0.2, 0.25) is 5.91 Å². The Morgan fingerprint density at radius 2 is 2.30 bits per heavy atom. The molecule has 0 spiro atoms. The monoisotopic (exact) mass is 304 g/mol. The highest BCUT2D eigenvalue weighted by molar-refractivity contribution is 5.87. The van der Waals surface area contributed by atoms with Crippen molar-refractivity contribution in [2.45, 2.75) is 45.3 Å². The number of allylic oxidation sites excluding steroid dienone is 1. The molecule has 1 amide bonds. The van der Waals surface area contributed by atoms with E-state index in [0.29, 0.717) is 6.54 Å². The molecule has 116 valence electrons. The lowest BCUT2D eigenvalue weighted by Crippen LogP contribution is -2.55. The number of carbonyl (C=O) groups excluding carboxylic acids is 2. The number of nitrogens with one attached hydrogen (secondary N) is 1. The highest BCUT2D eigenvalue weighted by Crippen LogP contribution is 2.08. The molecule has 1 saturated heterocycles. The maximum absolute atomic E-state index is 12.2. The van der Waals surface area contributed by atoms with Gasteiger partial charge in [-0.05, 0) is 26.7 Å². The number of ether oxygens (including phenoxy) is 1. The number of hydrogen-bond donors (Lipinski definition) is 1. The second kappa shape index (κ2) is 9.77. The third-order valence-electron chi connectivity index (χ3n) is 2.96. The van der Waals surface area contributed by atoms with Crippen LogP contribution in [0.25, 0.3) is 0 Å². The van der Waals surface area contributed by atoms with Crippen LogP contribution in [0.1, 0.15) is 33.1 Å². The Labute approximate surface area is 127 Å². The molecule has 1 aliphatic heterocycles. The summed E-state index contributed by atoms with van der Waals surface area (Å²) < 4.78 is 5.07. The SMILES string of the molecule is C=CCCCN1CCNC(CC(=O)OC(C)C)C1=O.Cl. The van der Waals surface area contributed by atoms with Crippen LogP contribution in [0, 0.1) is 0 Å². The third-order valence-corrected chi connectivity index (χ3v) is 2.96. The van der Waals surface area contributed by atoms with Crippen molar-refractivity contribution in [2.24, 2.45) is 0 Å². The first-order chi connectivity index (χ1) is 9.04. The van der Waals surface area contributed by atoms with Crippen LogP contribution in [0.5, 0.6) is 0 Å². The van der Waals surface area contributed by atoms with Crippen molar-refractivity contribution in [2.75, 3.05) is 19.6 Å². The Balaban J connectivity index is 0.00000361. The van der Waals surface area contributed by atoms with E-state index >= 15 is 0 Å². The minimum Gasteiger partial charge on any atom is -0.463 e. The van der Waals surface area contributed by atoms with Crippen LogP contribution < -0.4 is 5.32 Å². The van der Waals surface area contributed by atoms with Crippen molar-refractivity contribution in [3.63, 3.8) is 0 Å². The largest absolute Gasteiger partial charge is 0.463 e. The Kier molecular flexibility index (Phi) is 9.25. The summed E-state index contributed by atoms with van der Waals surface area (Å²) in [5.41, 5.74) is 0. The van der Waals surface area contributed by atoms with Crippen LogP contribution in [0.4, 0.5) is 0 Å². The molecular formula is C14H25ClN2O3. The molecule has 20 heavy (non-hydrogen) atoms. The summed E-state index contributed by atoms with van der Waals surface area (Å²) in [6, 6.07) is -0.441. The molecule has 0 radical (unpaired) electrons. The first-order valence-electron chi connectivity index (χ1n) is 6.87. The van der Waals surface area contributed by atoms with Crippen LogP contribution in [-0.2, 0) is 14.3 Å². The lowest BCUT2D eigenvalue weighted by atomic mass is 10.1. The number of hydrogen-bond acceptors (Lipinski definition) is 4. The van der Waals surface area contributed by atoms with Gasteiger partial charge in [0.25, 0.3) is 0 Å². The van der Waals surface area contributed by atoms with Gasteiger partial charge in [-0.3, -0.25) is 9.59 Å². The number of rotatable bonds is 7. The van der Waals surface area contributed by atoms with Crippen LogP contribution >= 0.6 is 12.4 Å². The molecule has 0 aliphatic carbocycles. The number of nitrogens with zero attached hydrogens (tertiary/aromatic N) is 1. The van der Waals surface area contributed by atoms with Gasteiger partial charge < -0.3 is 15.0 Å². The van der Waals surface area contributed by atoms with E-state index in [1.165, 1.54) is 0 Å². The van der Waals surface area contributed by atoms with Crippen molar-refractivity contribution in [3.05, 3.63) is 12.7 Å². The predicted octanol–water partition coefficient (Wildman–Crippen LogP) is 1.52.